The molecule has 0 saturated heterocycles. The Morgan fingerprint density at radius 2 is 1.92 bits per heavy atom. The van der Waals surface area contributed by atoms with E-state index in [1.54, 1.807) is 13.0 Å². The second-order valence-corrected chi connectivity index (χ2v) is 6.42. The number of pyridine rings is 1. The van der Waals surface area contributed by atoms with Crippen LogP contribution in [0.4, 0.5) is 13.2 Å². The number of fused-ring (bicyclic) bond motifs is 1. The Morgan fingerprint density at radius 3 is 2.50 bits per heavy atom. The van der Waals surface area contributed by atoms with Gasteiger partial charge in [-0.05, 0) is 55.0 Å². The fourth-order valence-corrected chi connectivity index (χ4v) is 2.84. The Balaban J connectivity index is 2.07. The molecule has 2 amide bonds. The molecule has 3 rings (SSSR count). The number of alkyl halides is 3. The van der Waals surface area contributed by atoms with Gasteiger partial charge in [0.25, 0.3) is 5.91 Å². The van der Waals surface area contributed by atoms with Crippen LogP contribution in [0, 0.1) is 6.92 Å². The lowest BCUT2D eigenvalue weighted by Gasteiger charge is -2.15. The van der Waals surface area contributed by atoms with Crippen LogP contribution in [-0.4, -0.2) is 30.4 Å². The van der Waals surface area contributed by atoms with E-state index in [1.807, 2.05) is 0 Å². The van der Waals surface area contributed by atoms with E-state index < -0.39 is 23.6 Å². The van der Waals surface area contributed by atoms with Crippen molar-refractivity contribution in [3.05, 3.63) is 40.6 Å². The number of aryl methyl sites for hydroxylation is 1. The lowest BCUT2D eigenvalue weighted by Crippen LogP contribution is -2.35. The molecule has 1 fully saturated rings. The van der Waals surface area contributed by atoms with Crippen molar-refractivity contribution in [2.45, 2.75) is 31.9 Å². The number of likely N-dealkylation sites (N-methyl/N-ethyl adjacent to an activating group) is 1. The Kier molecular flexibility index (Phi) is 4.60. The van der Waals surface area contributed by atoms with Crippen molar-refractivity contribution >= 4 is 22.7 Å². The molecule has 1 aromatic carbocycles. The number of hydrogen-bond donors (Lipinski definition) is 2. The summed E-state index contributed by atoms with van der Waals surface area (Å²) in [5.41, 5.74) is -0.0313. The van der Waals surface area contributed by atoms with Gasteiger partial charge in [-0.15, -0.1) is 0 Å². The van der Waals surface area contributed by atoms with Crippen molar-refractivity contribution < 1.29 is 22.8 Å². The van der Waals surface area contributed by atoms with E-state index in [4.69, 9.17) is 0 Å². The number of rotatable bonds is 4. The minimum absolute atomic E-state index is 0.149. The van der Waals surface area contributed by atoms with Crippen LogP contribution in [0.5, 0.6) is 0 Å². The first-order chi connectivity index (χ1) is 12.2. The number of aromatic nitrogens is 1. The predicted octanol–water partition coefficient (Wildman–Crippen LogP) is 2.92. The number of hydrogen-bond acceptors (Lipinski definition) is 3. The van der Waals surface area contributed by atoms with E-state index >= 15 is 0 Å². The molecule has 0 unspecified atom stereocenters. The minimum Gasteiger partial charge on any atom is -0.358 e. The van der Waals surface area contributed by atoms with Crippen molar-refractivity contribution in [3.63, 3.8) is 0 Å². The molecule has 5 nitrogen and oxygen atoms in total. The van der Waals surface area contributed by atoms with Gasteiger partial charge in [-0.25, -0.2) is 4.98 Å². The Morgan fingerprint density at radius 1 is 1.23 bits per heavy atom. The highest BCUT2D eigenvalue weighted by molar-refractivity contribution is 5.98. The molecule has 8 heteroatoms. The molecule has 1 aliphatic carbocycles. The third-order valence-electron chi connectivity index (χ3n) is 4.42. The highest BCUT2D eigenvalue weighted by Gasteiger charge is 2.36. The lowest BCUT2D eigenvalue weighted by molar-refractivity contribution is -0.136. The molecule has 0 aliphatic heterocycles. The maximum atomic E-state index is 13.6. The Hall–Kier alpha value is -2.64. The normalized spacial score (nSPS) is 14.3. The molecule has 2 N–H and O–H groups in total. The smallest absolute Gasteiger partial charge is 0.358 e. The van der Waals surface area contributed by atoms with Crippen molar-refractivity contribution in [3.8, 4) is 0 Å². The molecule has 1 aromatic heterocycles. The van der Waals surface area contributed by atoms with E-state index in [1.165, 1.54) is 13.1 Å². The van der Waals surface area contributed by atoms with Gasteiger partial charge in [0.05, 0.1) is 17.6 Å². The highest BCUT2D eigenvalue weighted by atomic mass is 19.4. The van der Waals surface area contributed by atoms with Crippen molar-refractivity contribution in [1.82, 2.24) is 15.6 Å². The average molecular weight is 365 g/mol. The molecule has 1 saturated carbocycles. The van der Waals surface area contributed by atoms with Gasteiger partial charge in [0, 0.05) is 12.4 Å². The van der Waals surface area contributed by atoms with Gasteiger partial charge < -0.3 is 10.6 Å². The molecule has 26 heavy (non-hydrogen) atoms. The van der Waals surface area contributed by atoms with Gasteiger partial charge in [-0.3, -0.25) is 9.59 Å². The maximum Gasteiger partial charge on any atom is 0.418 e. The summed E-state index contributed by atoms with van der Waals surface area (Å²) < 4.78 is 40.7. The van der Waals surface area contributed by atoms with Crippen LogP contribution in [0.15, 0.2) is 18.2 Å². The molecule has 0 radical (unpaired) electrons. The molecular formula is C18H18F3N3O2. The largest absolute Gasteiger partial charge is 0.418 e. The minimum atomic E-state index is -4.57. The number of carbonyl (C=O) groups excluding carboxylic acids is 2. The van der Waals surface area contributed by atoms with E-state index in [0.29, 0.717) is 16.5 Å². The van der Waals surface area contributed by atoms with Gasteiger partial charge in [0.15, 0.2) is 0 Å². The molecular weight excluding hydrogens is 347 g/mol. The van der Waals surface area contributed by atoms with Gasteiger partial charge in [-0.1, -0.05) is 0 Å². The van der Waals surface area contributed by atoms with Crippen molar-refractivity contribution in [2.24, 2.45) is 0 Å². The van der Waals surface area contributed by atoms with Gasteiger partial charge in [0.2, 0.25) is 5.91 Å². The molecule has 0 bridgehead atoms. The van der Waals surface area contributed by atoms with Crippen LogP contribution >= 0.6 is 0 Å². The van der Waals surface area contributed by atoms with E-state index in [2.05, 4.69) is 15.6 Å². The van der Waals surface area contributed by atoms with Gasteiger partial charge in [-0.2, -0.15) is 13.2 Å². The van der Waals surface area contributed by atoms with E-state index in [-0.39, 0.29) is 23.7 Å². The van der Waals surface area contributed by atoms with Crippen LogP contribution in [0.1, 0.15) is 45.9 Å². The SMILES string of the molecule is CNC(=O)CNC(=O)c1cc(C)c2cc(C3CC3)cc(C(F)(F)F)c2n1. The van der Waals surface area contributed by atoms with Gasteiger partial charge in [0.1, 0.15) is 5.69 Å². The van der Waals surface area contributed by atoms with Crippen LogP contribution < -0.4 is 10.6 Å². The number of halogens is 3. The highest BCUT2D eigenvalue weighted by Crippen LogP contribution is 2.44. The van der Waals surface area contributed by atoms with Crippen LogP contribution in [-0.2, 0) is 11.0 Å². The zero-order valence-electron chi connectivity index (χ0n) is 14.3. The van der Waals surface area contributed by atoms with Crippen LogP contribution in [0.3, 0.4) is 0 Å². The fraction of sp³-hybridized carbons (Fsp3) is 0.389. The average Bonchev–Trinajstić information content (AvgIpc) is 3.42. The topological polar surface area (TPSA) is 71.1 Å². The van der Waals surface area contributed by atoms with E-state index in [0.717, 1.165) is 18.9 Å². The van der Waals surface area contributed by atoms with Crippen molar-refractivity contribution in [1.29, 1.82) is 0 Å². The summed E-state index contributed by atoms with van der Waals surface area (Å²) in [4.78, 5) is 27.4. The van der Waals surface area contributed by atoms with E-state index in [9.17, 15) is 22.8 Å². The first-order valence-corrected chi connectivity index (χ1v) is 8.22. The summed E-state index contributed by atoms with van der Waals surface area (Å²) in [5, 5.41) is 5.08. The first kappa shape index (κ1) is 18.2. The summed E-state index contributed by atoms with van der Waals surface area (Å²) in [6.45, 7) is 1.37. The second-order valence-electron chi connectivity index (χ2n) is 6.42. The number of benzene rings is 1. The summed E-state index contributed by atoms with van der Waals surface area (Å²) in [6, 6.07) is 4.31. The summed E-state index contributed by atoms with van der Waals surface area (Å²) in [7, 11) is 1.42. The quantitative estimate of drug-likeness (QED) is 0.875. The maximum absolute atomic E-state index is 13.6. The van der Waals surface area contributed by atoms with Crippen LogP contribution in [0.2, 0.25) is 0 Å². The Labute approximate surface area is 148 Å². The number of nitrogens with one attached hydrogen (secondary N) is 2. The Bertz CT molecular complexity index is 889. The summed E-state index contributed by atoms with van der Waals surface area (Å²) in [5.74, 6) is -0.950. The third kappa shape index (κ3) is 3.63. The molecule has 0 atom stereocenters. The molecule has 1 aliphatic rings. The van der Waals surface area contributed by atoms with Gasteiger partial charge >= 0.3 is 6.18 Å². The lowest BCUT2D eigenvalue weighted by atomic mass is 9.98. The number of nitrogens with zero attached hydrogens (tertiary/aromatic N) is 1. The molecule has 2 aromatic rings. The van der Waals surface area contributed by atoms with Crippen LogP contribution in [0.25, 0.3) is 10.9 Å². The molecule has 1 heterocycles. The molecule has 0 spiro atoms. The number of amides is 2. The molecule has 138 valence electrons. The zero-order valence-corrected chi connectivity index (χ0v) is 14.3. The monoisotopic (exact) mass is 365 g/mol. The predicted molar refractivity (Wildman–Crippen MR) is 89.9 cm³/mol. The summed E-state index contributed by atoms with van der Waals surface area (Å²) in [6.07, 6.45) is -2.80. The number of carbonyl (C=O) groups is 2. The first-order valence-electron chi connectivity index (χ1n) is 8.22. The zero-order chi connectivity index (χ0) is 19.1. The standard InChI is InChI=1S/C18H18F3N3O2/c1-9-5-14(17(26)23-8-15(25)22-2)24-16-12(9)6-11(10-3-4-10)7-13(16)18(19,20)21/h5-7,10H,3-4,8H2,1-2H3,(H,22,25)(H,23,26). The second kappa shape index (κ2) is 6.59. The fourth-order valence-electron chi connectivity index (χ4n) is 2.84. The van der Waals surface area contributed by atoms with Crippen molar-refractivity contribution in [2.75, 3.05) is 13.6 Å². The summed E-state index contributed by atoms with van der Waals surface area (Å²) >= 11 is 0. The third-order valence-corrected chi connectivity index (χ3v) is 4.42.